The molecule has 19 atom stereocenters. The lowest BCUT2D eigenvalue weighted by atomic mass is 9.33. The number of fused-ring (bicyclic) bond motifs is 7. The van der Waals surface area contributed by atoms with Crippen LogP contribution in [0.15, 0.2) is 11.6 Å². The van der Waals surface area contributed by atoms with Gasteiger partial charge in [-0.25, -0.2) is 4.79 Å². The lowest BCUT2D eigenvalue weighted by molar-refractivity contribution is -0.374. The standard InChI is InChI=1S/C44H68O15/c1-39(2)25-10-13-44(7)34(23(46)18-21-22-19-41(4,38(53)55-9)15-14-40(22,3)16-17-43(21,44)6)42(25,5)12-11-26(39)57-37-33(30(50)29(49)32(58-37)35(52)54-8)59-36-31(51)28(48)27(47)24(20-45)56-36/h18,22,24-34,36-37,45,47-51H,10-17,19-20H2,1-9H3/t22?,24-,25?,26?,27+,28+,29+,30+,31-,32+,33-,34?,36+,37-,40-,41+,42+,43-,44-/m1/s1. The molecular weight excluding hydrogens is 768 g/mol. The summed E-state index contributed by atoms with van der Waals surface area (Å²) >= 11 is 0. The van der Waals surface area contributed by atoms with Gasteiger partial charge < -0.3 is 59.1 Å². The Balaban J connectivity index is 1.18. The molecule has 6 N–H and O–H groups in total. The fourth-order valence-electron chi connectivity index (χ4n) is 13.7. The summed E-state index contributed by atoms with van der Waals surface area (Å²) in [6.45, 7) is 14.7. The lowest BCUT2D eigenvalue weighted by Gasteiger charge is -2.70. The monoisotopic (exact) mass is 836 g/mol. The van der Waals surface area contributed by atoms with Crippen molar-refractivity contribution in [3.63, 3.8) is 0 Å². The molecule has 0 bridgehead atoms. The van der Waals surface area contributed by atoms with Gasteiger partial charge in [-0.05, 0) is 110 Å². The number of aliphatic hydroxyl groups is 6. The van der Waals surface area contributed by atoms with Crippen molar-refractivity contribution in [2.45, 2.75) is 174 Å². The topological polar surface area (TPSA) is 228 Å². The Bertz CT molecular complexity index is 1680. The van der Waals surface area contributed by atoms with E-state index in [0.717, 1.165) is 45.6 Å². The summed E-state index contributed by atoms with van der Waals surface area (Å²) in [7, 11) is 2.57. The first-order valence-electron chi connectivity index (χ1n) is 21.5. The Kier molecular flexibility index (Phi) is 11.7. The fraction of sp³-hybridized carbons (Fsp3) is 0.886. The van der Waals surface area contributed by atoms with Crippen LogP contribution in [0.25, 0.3) is 0 Å². The number of aliphatic hydroxyl groups excluding tert-OH is 6. The SMILES string of the molecule is COC(=O)[C@H]1O[C@@H](OC2CC[C@@]3(C)C(CC[C@]4(C)C3C(=O)C=C3C5C[C@@](C)(C(=O)OC)CC[C@]5(C)CC[C@]34C)C2(C)C)[C@H](O[C@@H]2O[C@H](CO)[C@H](O)[C@H](O)[C@H]2O)[C@@H](O)[C@@H]1O. The minimum atomic E-state index is -1.84. The maximum atomic E-state index is 15.0. The third-order valence-electron chi connectivity index (χ3n) is 17.6. The zero-order valence-corrected chi connectivity index (χ0v) is 36.1. The fourth-order valence-corrected chi connectivity index (χ4v) is 13.7. The second-order valence-electron chi connectivity index (χ2n) is 21.0. The normalized spacial score (nSPS) is 51.8. The number of carbonyl (C=O) groups is 3. The summed E-state index contributed by atoms with van der Waals surface area (Å²) in [6, 6.07) is 0. The number of esters is 2. The van der Waals surface area contributed by atoms with Crippen molar-refractivity contribution in [1.82, 2.24) is 0 Å². The first-order chi connectivity index (χ1) is 27.5. The molecule has 7 rings (SSSR count). The van der Waals surface area contributed by atoms with Crippen LogP contribution in [-0.4, -0.2) is 137 Å². The Labute approximate surface area is 347 Å². The predicted molar refractivity (Wildman–Crippen MR) is 208 cm³/mol. The summed E-state index contributed by atoms with van der Waals surface area (Å²) in [5.74, 6) is -1.22. The van der Waals surface area contributed by atoms with E-state index in [-0.39, 0.29) is 45.8 Å². The molecule has 5 aliphatic carbocycles. The van der Waals surface area contributed by atoms with Crippen LogP contribution in [0.1, 0.15) is 106 Å². The first-order valence-corrected chi connectivity index (χ1v) is 21.5. The van der Waals surface area contributed by atoms with Crippen molar-refractivity contribution in [2.75, 3.05) is 20.8 Å². The number of hydrogen-bond acceptors (Lipinski definition) is 15. The van der Waals surface area contributed by atoms with Gasteiger partial charge >= 0.3 is 11.9 Å². The largest absolute Gasteiger partial charge is 0.469 e. The summed E-state index contributed by atoms with van der Waals surface area (Å²) in [5.41, 5.74) is -1.08. The number of ether oxygens (including phenoxy) is 6. The van der Waals surface area contributed by atoms with Gasteiger partial charge in [-0.1, -0.05) is 47.1 Å². The highest BCUT2D eigenvalue weighted by Gasteiger charge is 2.71. The molecule has 15 nitrogen and oxygen atoms in total. The molecule has 0 aromatic carbocycles. The van der Waals surface area contributed by atoms with Gasteiger partial charge in [-0.3, -0.25) is 9.59 Å². The van der Waals surface area contributed by atoms with Gasteiger partial charge in [0.25, 0.3) is 0 Å². The third-order valence-corrected chi connectivity index (χ3v) is 17.6. The van der Waals surface area contributed by atoms with Crippen LogP contribution in [-0.2, 0) is 42.8 Å². The van der Waals surface area contributed by atoms with Crippen molar-refractivity contribution in [2.24, 2.45) is 50.2 Å². The van der Waals surface area contributed by atoms with Gasteiger partial charge in [0.15, 0.2) is 24.5 Å². The molecule has 7 aliphatic rings. The average molecular weight is 837 g/mol. The van der Waals surface area contributed by atoms with Gasteiger partial charge in [0.1, 0.15) is 42.7 Å². The number of methoxy groups -OCH3 is 2. The molecule has 2 aliphatic heterocycles. The van der Waals surface area contributed by atoms with Crippen LogP contribution in [0.2, 0.25) is 0 Å². The summed E-state index contributed by atoms with van der Waals surface area (Å²) in [4.78, 5) is 40.9. The van der Waals surface area contributed by atoms with E-state index in [2.05, 4.69) is 41.5 Å². The number of rotatable bonds is 7. The van der Waals surface area contributed by atoms with E-state index < -0.39 is 96.3 Å². The first kappa shape index (κ1) is 45.0. The Morgan fingerprint density at radius 1 is 0.763 bits per heavy atom. The zero-order chi connectivity index (χ0) is 43.4. The van der Waals surface area contributed by atoms with Crippen LogP contribution in [0, 0.1) is 50.2 Å². The second kappa shape index (κ2) is 15.3. The number of ketones is 1. The second-order valence-corrected chi connectivity index (χ2v) is 21.0. The number of allylic oxidation sites excluding steroid dienone is 2. The molecule has 0 spiro atoms. The third kappa shape index (κ3) is 6.70. The van der Waals surface area contributed by atoms with E-state index in [1.54, 1.807) is 0 Å². The lowest BCUT2D eigenvalue weighted by Crippen LogP contribution is -2.68. The minimum absolute atomic E-state index is 0.0110. The highest BCUT2D eigenvalue weighted by atomic mass is 16.8. The van der Waals surface area contributed by atoms with E-state index in [1.807, 2.05) is 13.0 Å². The minimum Gasteiger partial charge on any atom is -0.469 e. The highest BCUT2D eigenvalue weighted by Crippen LogP contribution is 2.75. The summed E-state index contributed by atoms with van der Waals surface area (Å²) < 4.78 is 34.5. The Morgan fingerprint density at radius 2 is 1.44 bits per heavy atom. The molecule has 4 saturated carbocycles. The summed E-state index contributed by atoms with van der Waals surface area (Å²) in [6.07, 6.45) is -8.29. The molecule has 0 amide bonds. The summed E-state index contributed by atoms with van der Waals surface area (Å²) in [5, 5.41) is 63.8. The molecule has 2 saturated heterocycles. The van der Waals surface area contributed by atoms with E-state index in [1.165, 1.54) is 12.7 Å². The quantitative estimate of drug-likeness (QED) is 0.160. The Hall–Kier alpha value is -2.05. The van der Waals surface area contributed by atoms with Crippen molar-refractivity contribution in [3.05, 3.63) is 11.6 Å². The van der Waals surface area contributed by atoms with Gasteiger partial charge in [0.05, 0.1) is 32.3 Å². The average Bonchev–Trinajstić information content (AvgIpc) is 3.19. The molecular formula is C44H68O15. The van der Waals surface area contributed by atoms with Gasteiger partial charge in [-0.15, -0.1) is 0 Å². The molecule has 0 radical (unpaired) electrons. The van der Waals surface area contributed by atoms with Crippen molar-refractivity contribution in [1.29, 1.82) is 0 Å². The van der Waals surface area contributed by atoms with Gasteiger partial charge in [0, 0.05) is 5.92 Å². The smallest absolute Gasteiger partial charge is 0.337 e. The number of hydrogen-bond donors (Lipinski definition) is 6. The Morgan fingerprint density at radius 3 is 2.08 bits per heavy atom. The molecule has 0 aromatic rings. The molecule has 334 valence electrons. The van der Waals surface area contributed by atoms with E-state index in [4.69, 9.17) is 28.4 Å². The van der Waals surface area contributed by atoms with Crippen molar-refractivity contribution >= 4 is 17.7 Å². The van der Waals surface area contributed by atoms with Crippen LogP contribution in [0.4, 0.5) is 0 Å². The highest BCUT2D eigenvalue weighted by molar-refractivity contribution is 5.95. The molecule has 59 heavy (non-hydrogen) atoms. The van der Waals surface area contributed by atoms with Gasteiger partial charge in [-0.2, -0.15) is 0 Å². The molecule has 2 heterocycles. The van der Waals surface area contributed by atoms with E-state index in [0.29, 0.717) is 19.3 Å². The molecule has 6 fully saturated rings. The van der Waals surface area contributed by atoms with E-state index in [9.17, 15) is 45.0 Å². The van der Waals surface area contributed by atoms with Crippen molar-refractivity contribution < 1.29 is 73.4 Å². The van der Waals surface area contributed by atoms with Crippen LogP contribution in [0.3, 0.4) is 0 Å². The van der Waals surface area contributed by atoms with E-state index >= 15 is 0 Å². The van der Waals surface area contributed by atoms with Crippen LogP contribution in [0.5, 0.6) is 0 Å². The van der Waals surface area contributed by atoms with Gasteiger partial charge in [0.2, 0.25) is 0 Å². The predicted octanol–water partition coefficient (Wildman–Crippen LogP) is 2.33. The molecule has 4 unspecified atom stereocenters. The zero-order valence-electron chi connectivity index (χ0n) is 36.1. The maximum Gasteiger partial charge on any atom is 0.337 e. The molecule has 15 heteroatoms. The maximum absolute atomic E-state index is 15.0. The van der Waals surface area contributed by atoms with Crippen LogP contribution >= 0.6 is 0 Å². The molecule has 0 aromatic heterocycles. The van der Waals surface area contributed by atoms with Crippen LogP contribution < -0.4 is 0 Å². The van der Waals surface area contributed by atoms with Crippen molar-refractivity contribution in [3.8, 4) is 0 Å². The number of carbonyl (C=O) groups excluding carboxylic acids is 3.